The second-order valence-electron chi connectivity index (χ2n) is 5.09. The molecule has 2 heteroatoms. The summed E-state index contributed by atoms with van der Waals surface area (Å²) < 4.78 is 0. The first-order valence-corrected chi connectivity index (χ1v) is 6.27. The van der Waals surface area contributed by atoms with Crippen LogP contribution in [0.5, 0.6) is 0 Å². The van der Waals surface area contributed by atoms with Crippen molar-refractivity contribution in [2.24, 2.45) is 11.7 Å². The molecule has 0 aliphatic carbocycles. The van der Waals surface area contributed by atoms with Crippen molar-refractivity contribution in [2.75, 3.05) is 18.0 Å². The van der Waals surface area contributed by atoms with Crippen molar-refractivity contribution in [1.82, 2.24) is 0 Å². The van der Waals surface area contributed by atoms with E-state index < -0.39 is 0 Å². The molecule has 0 amide bonds. The molecule has 1 heterocycles. The Labute approximate surface area is 98.4 Å². The fraction of sp³-hybridized carbons (Fsp3) is 0.571. The Morgan fingerprint density at radius 1 is 1.31 bits per heavy atom. The molecular weight excluding hydrogens is 196 g/mol. The Morgan fingerprint density at radius 3 is 2.75 bits per heavy atom. The van der Waals surface area contributed by atoms with Crippen LogP contribution in [-0.2, 0) is 6.42 Å². The third kappa shape index (κ3) is 2.22. The molecule has 0 aromatic heterocycles. The molecule has 0 radical (unpaired) electrons. The molecule has 88 valence electrons. The van der Waals surface area contributed by atoms with Crippen molar-refractivity contribution in [2.45, 2.75) is 32.7 Å². The minimum absolute atomic E-state index is 0.503. The third-order valence-electron chi connectivity index (χ3n) is 3.38. The highest BCUT2D eigenvalue weighted by atomic mass is 15.2. The smallest absolute Gasteiger partial charge is 0.0414 e. The van der Waals surface area contributed by atoms with E-state index in [1.165, 1.54) is 24.1 Å². The highest BCUT2D eigenvalue weighted by Crippen LogP contribution is 2.30. The molecule has 2 N–H and O–H groups in total. The van der Waals surface area contributed by atoms with E-state index in [1.807, 2.05) is 0 Å². The average molecular weight is 218 g/mol. The molecule has 1 aliphatic rings. The maximum atomic E-state index is 5.92. The Kier molecular flexibility index (Phi) is 3.49. The quantitative estimate of drug-likeness (QED) is 0.841. The van der Waals surface area contributed by atoms with Crippen LogP contribution in [0.2, 0.25) is 0 Å². The fourth-order valence-corrected chi connectivity index (χ4v) is 2.64. The second-order valence-corrected chi connectivity index (χ2v) is 5.09. The number of hydrogen-bond acceptors (Lipinski definition) is 2. The first-order valence-electron chi connectivity index (χ1n) is 6.27. The van der Waals surface area contributed by atoms with Crippen LogP contribution >= 0.6 is 0 Å². The molecule has 1 aromatic carbocycles. The molecule has 2 nitrogen and oxygen atoms in total. The highest BCUT2D eigenvalue weighted by Gasteiger charge is 2.25. The normalized spacial score (nSPS) is 16.6. The van der Waals surface area contributed by atoms with Crippen LogP contribution in [0.1, 0.15) is 25.8 Å². The number of para-hydroxylation sites is 1. The minimum Gasteiger partial charge on any atom is -0.367 e. The van der Waals surface area contributed by atoms with Gasteiger partial charge in [0.15, 0.2) is 0 Å². The van der Waals surface area contributed by atoms with Gasteiger partial charge in [0, 0.05) is 24.8 Å². The number of nitrogens with zero attached hydrogens (tertiary/aromatic N) is 1. The standard InChI is InChI=1S/C14H22N2/c1-11(2)9-13(10-15)16-8-7-12-5-3-4-6-14(12)16/h3-6,11,13H,7-10,15H2,1-2H3. The summed E-state index contributed by atoms with van der Waals surface area (Å²) in [5, 5.41) is 0. The number of nitrogens with two attached hydrogens (primary N) is 1. The fourth-order valence-electron chi connectivity index (χ4n) is 2.64. The first kappa shape index (κ1) is 11.5. The van der Waals surface area contributed by atoms with E-state index in [4.69, 9.17) is 5.73 Å². The topological polar surface area (TPSA) is 29.3 Å². The molecule has 0 spiro atoms. The van der Waals surface area contributed by atoms with E-state index in [9.17, 15) is 0 Å². The van der Waals surface area contributed by atoms with Gasteiger partial charge in [-0.1, -0.05) is 32.0 Å². The van der Waals surface area contributed by atoms with E-state index in [0.717, 1.165) is 13.1 Å². The zero-order valence-corrected chi connectivity index (χ0v) is 10.3. The van der Waals surface area contributed by atoms with Crippen molar-refractivity contribution in [3.63, 3.8) is 0 Å². The van der Waals surface area contributed by atoms with Crippen LogP contribution < -0.4 is 10.6 Å². The van der Waals surface area contributed by atoms with Crippen LogP contribution in [0.25, 0.3) is 0 Å². The van der Waals surface area contributed by atoms with Crippen LogP contribution in [-0.4, -0.2) is 19.1 Å². The van der Waals surface area contributed by atoms with E-state index >= 15 is 0 Å². The number of anilines is 1. The summed E-state index contributed by atoms with van der Waals surface area (Å²) in [6.45, 7) is 6.43. The SMILES string of the molecule is CC(C)CC(CN)N1CCc2ccccc21. The molecule has 1 unspecified atom stereocenters. The van der Waals surface area contributed by atoms with Gasteiger partial charge in [-0.25, -0.2) is 0 Å². The summed E-state index contributed by atoms with van der Waals surface area (Å²) in [6, 6.07) is 9.22. The minimum atomic E-state index is 0.503. The van der Waals surface area contributed by atoms with Gasteiger partial charge in [-0.15, -0.1) is 0 Å². The number of rotatable bonds is 4. The van der Waals surface area contributed by atoms with Gasteiger partial charge in [-0.3, -0.25) is 0 Å². The molecular formula is C14H22N2. The number of hydrogen-bond donors (Lipinski definition) is 1. The highest BCUT2D eigenvalue weighted by molar-refractivity contribution is 5.58. The van der Waals surface area contributed by atoms with Gasteiger partial charge in [0.05, 0.1) is 0 Å². The van der Waals surface area contributed by atoms with Crippen molar-refractivity contribution in [3.05, 3.63) is 29.8 Å². The number of benzene rings is 1. The monoisotopic (exact) mass is 218 g/mol. The lowest BCUT2D eigenvalue weighted by atomic mass is 10.0. The van der Waals surface area contributed by atoms with E-state index in [-0.39, 0.29) is 0 Å². The molecule has 2 rings (SSSR count). The molecule has 1 aromatic rings. The summed E-state index contributed by atoms with van der Waals surface area (Å²) in [5.41, 5.74) is 8.79. The third-order valence-corrected chi connectivity index (χ3v) is 3.38. The summed E-state index contributed by atoms with van der Waals surface area (Å²) in [6.07, 6.45) is 2.36. The van der Waals surface area contributed by atoms with Gasteiger partial charge >= 0.3 is 0 Å². The van der Waals surface area contributed by atoms with Crippen molar-refractivity contribution in [3.8, 4) is 0 Å². The van der Waals surface area contributed by atoms with E-state index in [1.54, 1.807) is 0 Å². The van der Waals surface area contributed by atoms with E-state index in [0.29, 0.717) is 12.0 Å². The predicted molar refractivity (Wildman–Crippen MR) is 69.8 cm³/mol. The second kappa shape index (κ2) is 4.88. The molecule has 16 heavy (non-hydrogen) atoms. The predicted octanol–water partition coefficient (Wildman–Crippen LogP) is 2.42. The maximum absolute atomic E-state index is 5.92. The maximum Gasteiger partial charge on any atom is 0.0414 e. The zero-order chi connectivity index (χ0) is 11.5. The Morgan fingerprint density at radius 2 is 2.06 bits per heavy atom. The van der Waals surface area contributed by atoms with Crippen molar-refractivity contribution in [1.29, 1.82) is 0 Å². The molecule has 0 bridgehead atoms. The zero-order valence-electron chi connectivity index (χ0n) is 10.3. The largest absolute Gasteiger partial charge is 0.367 e. The Balaban J connectivity index is 2.16. The Hall–Kier alpha value is -1.02. The van der Waals surface area contributed by atoms with Crippen LogP contribution in [0.4, 0.5) is 5.69 Å². The van der Waals surface area contributed by atoms with Crippen LogP contribution in [0.15, 0.2) is 24.3 Å². The molecule has 0 fully saturated rings. The van der Waals surface area contributed by atoms with Crippen LogP contribution in [0, 0.1) is 5.92 Å². The van der Waals surface area contributed by atoms with Crippen LogP contribution in [0.3, 0.4) is 0 Å². The Bertz CT molecular complexity index is 346. The molecule has 0 saturated heterocycles. The lowest BCUT2D eigenvalue weighted by molar-refractivity contribution is 0.476. The molecule has 1 aliphatic heterocycles. The summed E-state index contributed by atoms with van der Waals surface area (Å²) in [4.78, 5) is 2.50. The van der Waals surface area contributed by atoms with E-state index in [2.05, 4.69) is 43.0 Å². The molecule has 1 atom stereocenters. The van der Waals surface area contributed by atoms with Gasteiger partial charge in [0.2, 0.25) is 0 Å². The first-order chi connectivity index (χ1) is 7.72. The van der Waals surface area contributed by atoms with Gasteiger partial charge in [-0.2, -0.15) is 0 Å². The lowest BCUT2D eigenvalue weighted by Crippen LogP contribution is -2.40. The molecule has 0 saturated carbocycles. The van der Waals surface area contributed by atoms with Crippen molar-refractivity contribution < 1.29 is 0 Å². The van der Waals surface area contributed by atoms with Gasteiger partial charge in [0.25, 0.3) is 0 Å². The lowest BCUT2D eigenvalue weighted by Gasteiger charge is -2.30. The van der Waals surface area contributed by atoms with Gasteiger partial charge in [0.1, 0.15) is 0 Å². The number of fused-ring (bicyclic) bond motifs is 1. The van der Waals surface area contributed by atoms with Gasteiger partial charge < -0.3 is 10.6 Å². The summed E-state index contributed by atoms with van der Waals surface area (Å²) in [5.74, 6) is 0.710. The van der Waals surface area contributed by atoms with Crippen molar-refractivity contribution >= 4 is 5.69 Å². The van der Waals surface area contributed by atoms with Gasteiger partial charge in [-0.05, 0) is 30.4 Å². The summed E-state index contributed by atoms with van der Waals surface area (Å²) >= 11 is 0. The average Bonchev–Trinajstić information content (AvgIpc) is 2.69. The summed E-state index contributed by atoms with van der Waals surface area (Å²) in [7, 11) is 0.